The number of aromatic nitrogens is 2. The molecule has 0 atom stereocenters. The minimum Gasteiger partial charge on any atom is -0.497 e. The summed E-state index contributed by atoms with van der Waals surface area (Å²) in [4.78, 5) is 12.3. The summed E-state index contributed by atoms with van der Waals surface area (Å²) in [6.07, 6.45) is 1.46. The number of nitrogens with one attached hydrogen (secondary N) is 1. The molecule has 0 aliphatic heterocycles. The summed E-state index contributed by atoms with van der Waals surface area (Å²) in [6.45, 7) is 0. The minimum absolute atomic E-state index is 0.144. The molecule has 0 spiro atoms. The van der Waals surface area contributed by atoms with Crippen LogP contribution in [0.25, 0.3) is 11.5 Å². The molecule has 7 heteroatoms. The molecule has 25 heavy (non-hydrogen) atoms. The van der Waals surface area contributed by atoms with Gasteiger partial charge in [-0.3, -0.25) is 4.79 Å². The Bertz CT molecular complexity index is 845. The fraction of sp³-hybridized carbons (Fsp3) is 0.167. The van der Waals surface area contributed by atoms with E-state index < -0.39 is 0 Å². The number of nitrogens with zero attached hydrogens (tertiary/aromatic N) is 2. The molecule has 0 radical (unpaired) electrons. The predicted molar refractivity (Wildman–Crippen MR) is 91.6 cm³/mol. The van der Waals surface area contributed by atoms with Gasteiger partial charge < -0.3 is 19.2 Å². The Kier molecular flexibility index (Phi) is 4.94. The highest BCUT2D eigenvalue weighted by molar-refractivity contribution is 5.92. The van der Waals surface area contributed by atoms with E-state index in [0.717, 1.165) is 11.1 Å². The average molecular weight is 339 g/mol. The highest BCUT2D eigenvalue weighted by atomic mass is 16.5. The van der Waals surface area contributed by atoms with E-state index in [0.29, 0.717) is 23.1 Å². The average Bonchev–Trinajstić information content (AvgIpc) is 3.17. The maximum absolute atomic E-state index is 12.3. The highest BCUT2D eigenvalue weighted by Crippen LogP contribution is 2.25. The summed E-state index contributed by atoms with van der Waals surface area (Å²) in [7, 11) is 3.14. The summed E-state index contributed by atoms with van der Waals surface area (Å²) in [5, 5.41) is 10.3. The van der Waals surface area contributed by atoms with Crippen LogP contribution in [-0.2, 0) is 11.2 Å². The van der Waals surface area contributed by atoms with Crippen molar-refractivity contribution in [2.45, 2.75) is 6.42 Å². The fourth-order valence-corrected chi connectivity index (χ4v) is 2.37. The number of ether oxygens (including phenoxy) is 2. The lowest BCUT2D eigenvalue weighted by atomic mass is 10.1. The van der Waals surface area contributed by atoms with Crippen molar-refractivity contribution in [2.75, 3.05) is 19.5 Å². The normalized spacial score (nSPS) is 10.3. The van der Waals surface area contributed by atoms with Gasteiger partial charge in [-0.15, -0.1) is 10.2 Å². The second-order valence-corrected chi connectivity index (χ2v) is 5.22. The van der Waals surface area contributed by atoms with E-state index >= 15 is 0 Å². The van der Waals surface area contributed by atoms with Gasteiger partial charge in [0.15, 0.2) is 0 Å². The number of rotatable bonds is 6. The lowest BCUT2D eigenvalue weighted by Gasteiger charge is -2.11. The molecule has 128 valence electrons. The van der Waals surface area contributed by atoms with E-state index in [1.54, 1.807) is 50.6 Å². The Morgan fingerprint density at radius 2 is 1.92 bits per heavy atom. The first kappa shape index (κ1) is 16.5. The van der Waals surface area contributed by atoms with Crippen LogP contribution in [0.2, 0.25) is 0 Å². The van der Waals surface area contributed by atoms with E-state index in [4.69, 9.17) is 13.9 Å². The van der Waals surface area contributed by atoms with Crippen molar-refractivity contribution in [2.24, 2.45) is 0 Å². The molecular formula is C18H17N3O4. The second kappa shape index (κ2) is 7.48. The number of hydrogen-bond donors (Lipinski definition) is 1. The van der Waals surface area contributed by atoms with Crippen LogP contribution in [0.4, 0.5) is 5.69 Å². The number of methoxy groups -OCH3 is 2. The molecule has 1 aromatic heterocycles. The third-order valence-electron chi connectivity index (χ3n) is 3.62. The molecule has 3 rings (SSSR count). The van der Waals surface area contributed by atoms with Gasteiger partial charge in [0, 0.05) is 22.9 Å². The summed E-state index contributed by atoms with van der Waals surface area (Å²) < 4.78 is 15.6. The van der Waals surface area contributed by atoms with Crippen LogP contribution in [0.5, 0.6) is 11.5 Å². The van der Waals surface area contributed by atoms with Crippen LogP contribution in [0, 0.1) is 0 Å². The molecular weight excluding hydrogens is 322 g/mol. The summed E-state index contributed by atoms with van der Waals surface area (Å²) in [5.41, 5.74) is 2.25. The third-order valence-corrected chi connectivity index (χ3v) is 3.62. The van der Waals surface area contributed by atoms with Gasteiger partial charge in [-0.25, -0.2) is 0 Å². The van der Waals surface area contributed by atoms with Crippen LogP contribution in [0.1, 0.15) is 5.56 Å². The molecule has 1 heterocycles. The van der Waals surface area contributed by atoms with Crippen molar-refractivity contribution in [1.82, 2.24) is 10.2 Å². The minimum atomic E-state index is -0.144. The molecule has 0 unspecified atom stereocenters. The number of hydrogen-bond acceptors (Lipinski definition) is 6. The van der Waals surface area contributed by atoms with Crippen molar-refractivity contribution in [1.29, 1.82) is 0 Å². The number of carbonyl (C=O) groups is 1. The molecule has 0 aliphatic rings. The number of carbonyl (C=O) groups excluding carboxylic acids is 1. The van der Waals surface area contributed by atoms with Crippen molar-refractivity contribution in [3.63, 3.8) is 0 Å². The highest BCUT2D eigenvalue weighted by Gasteiger charge is 2.11. The van der Waals surface area contributed by atoms with Crippen LogP contribution < -0.4 is 14.8 Å². The van der Waals surface area contributed by atoms with Gasteiger partial charge in [-0.1, -0.05) is 6.07 Å². The Morgan fingerprint density at radius 3 is 2.56 bits per heavy atom. The number of amides is 1. The molecule has 0 bridgehead atoms. The maximum Gasteiger partial charge on any atom is 0.247 e. The summed E-state index contributed by atoms with van der Waals surface area (Å²) in [5.74, 6) is 1.58. The van der Waals surface area contributed by atoms with Gasteiger partial charge in [-0.05, 0) is 30.3 Å². The zero-order valence-electron chi connectivity index (χ0n) is 13.9. The van der Waals surface area contributed by atoms with E-state index in [1.807, 2.05) is 6.07 Å². The van der Waals surface area contributed by atoms with E-state index in [2.05, 4.69) is 15.5 Å². The van der Waals surface area contributed by atoms with Crippen LogP contribution >= 0.6 is 0 Å². The summed E-state index contributed by atoms with van der Waals surface area (Å²) >= 11 is 0. The second-order valence-electron chi connectivity index (χ2n) is 5.22. The predicted octanol–water partition coefficient (Wildman–Crippen LogP) is 2.94. The Morgan fingerprint density at radius 1 is 1.12 bits per heavy atom. The first-order valence-corrected chi connectivity index (χ1v) is 7.57. The monoisotopic (exact) mass is 339 g/mol. The molecule has 0 fully saturated rings. The zero-order chi connectivity index (χ0) is 17.6. The topological polar surface area (TPSA) is 86.5 Å². The molecule has 1 amide bonds. The number of benzene rings is 2. The van der Waals surface area contributed by atoms with E-state index in [1.165, 1.54) is 6.39 Å². The SMILES string of the molecule is COc1ccc(CC(=O)Nc2ccc(-c3nnco3)cc2)c(OC)c1. The molecule has 1 N–H and O–H groups in total. The lowest BCUT2D eigenvalue weighted by Crippen LogP contribution is -2.14. The van der Waals surface area contributed by atoms with Crippen molar-refractivity contribution < 1.29 is 18.7 Å². The first-order chi connectivity index (χ1) is 12.2. The smallest absolute Gasteiger partial charge is 0.247 e. The molecule has 0 aliphatic carbocycles. The zero-order valence-corrected chi connectivity index (χ0v) is 13.9. The van der Waals surface area contributed by atoms with E-state index in [9.17, 15) is 4.79 Å². The van der Waals surface area contributed by atoms with Crippen molar-refractivity contribution in [3.8, 4) is 23.0 Å². The molecule has 7 nitrogen and oxygen atoms in total. The van der Waals surface area contributed by atoms with Crippen LogP contribution in [0.3, 0.4) is 0 Å². The Balaban J connectivity index is 1.66. The molecule has 3 aromatic rings. The molecule has 2 aromatic carbocycles. The van der Waals surface area contributed by atoms with Gasteiger partial charge in [0.05, 0.1) is 20.6 Å². The Labute approximate surface area is 144 Å². The van der Waals surface area contributed by atoms with Crippen molar-refractivity contribution in [3.05, 3.63) is 54.4 Å². The molecule has 0 saturated carbocycles. The van der Waals surface area contributed by atoms with Gasteiger partial charge in [0.25, 0.3) is 0 Å². The van der Waals surface area contributed by atoms with E-state index in [-0.39, 0.29) is 12.3 Å². The largest absolute Gasteiger partial charge is 0.497 e. The number of anilines is 1. The summed E-state index contributed by atoms with van der Waals surface area (Å²) in [6, 6.07) is 12.5. The lowest BCUT2D eigenvalue weighted by molar-refractivity contribution is -0.115. The van der Waals surface area contributed by atoms with Gasteiger partial charge >= 0.3 is 0 Å². The Hall–Kier alpha value is -3.35. The van der Waals surface area contributed by atoms with Crippen LogP contribution in [-0.4, -0.2) is 30.3 Å². The molecule has 0 saturated heterocycles. The standard InChI is InChI=1S/C18H17N3O4/c1-23-15-8-5-13(16(10-15)24-2)9-17(22)20-14-6-3-12(4-7-14)18-21-19-11-25-18/h3-8,10-11H,9H2,1-2H3,(H,20,22). The van der Waals surface area contributed by atoms with Gasteiger partial charge in [0.1, 0.15) is 11.5 Å². The van der Waals surface area contributed by atoms with Crippen LogP contribution in [0.15, 0.2) is 53.3 Å². The van der Waals surface area contributed by atoms with Crippen molar-refractivity contribution >= 4 is 11.6 Å². The first-order valence-electron chi connectivity index (χ1n) is 7.57. The fourth-order valence-electron chi connectivity index (χ4n) is 2.37. The van der Waals surface area contributed by atoms with Gasteiger partial charge in [0.2, 0.25) is 18.2 Å². The quantitative estimate of drug-likeness (QED) is 0.743. The van der Waals surface area contributed by atoms with Gasteiger partial charge in [-0.2, -0.15) is 0 Å². The third kappa shape index (κ3) is 3.95. The maximum atomic E-state index is 12.3.